The number of nitrogens with zero attached hydrogens (tertiary/aromatic N) is 3. The molecule has 0 bridgehead atoms. The van der Waals surface area contributed by atoms with Crippen molar-refractivity contribution in [3.63, 3.8) is 0 Å². The Kier molecular flexibility index (Phi) is 6.34. The van der Waals surface area contributed by atoms with Gasteiger partial charge in [-0.1, -0.05) is 17.7 Å². The zero-order valence-corrected chi connectivity index (χ0v) is 18.9. The van der Waals surface area contributed by atoms with Crippen LogP contribution in [0.15, 0.2) is 82.9 Å². The maximum Gasteiger partial charge on any atom is 0.136 e. The van der Waals surface area contributed by atoms with Gasteiger partial charge in [-0.2, -0.15) is 5.10 Å². The number of benzene rings is 3. The summed E-state index contributed by atoms with van der Waals surface area (Å²) in [7, 11) is 0. The van der Waals surface area contributed by atoms with Gasteiger partial charge in [0.05, 0.1) is 23.1 Å². The number of phenolic OH excluding ortho intramolecular Hbond substituents is 1. The van der Waals surface area contributed by atoms with Crippen LogP contribution < -0.4 is 10.6 Å². The zero-order valence-electron chi connectivity index (χ0n) is 16.0. The Hall–Kier alpha value is -3.17. The molecule has 0 atom stereocenters. The molecule has 31 heavy (non-hydrogen) atoms. The molecule has 154 valence electrons. The number of aromatic nitrogens is 1. The van der Waals surface area contributed by atoms with E-state index in [0.29, 0.717) is 33.6 Å². The maximum atomic E-state index is 9.38. The summed E-state index contributed by atoms with van der Waals surface area (Å²) in [5, 5.41) is 14.6. The first-order valence-corrected chi connectivity index (χ1v) is 10.6. The van der Waals surface area contributed by atoms with E-state index in [9.17, 15) is 5.11 Å². The summed E-state index contributed by atoms with van der Waals surface area (Å²) in [4.78, 5) is 9.00. The highest BCUT2D eigenvalue weighted by Crippen LogP contribution is 2.31. The average Bonchev–Trinajstić information content (AvgIpc) is 2.75. The lowest BCUT2D eigenvalue weighted by molar-refractivity contribution is 0.475. The van der Waals surface area contributed by atoms with E-state index in [0.717, 1.165) is 14.5 Å². The Labute approximate surface area is 197 Å². The van der Waals surface area contributed by atoms with Crippen LogP contribution in [0.5, 0.6) is 17.2 Å². The Bertz CT molecular complexity index is 1290. The van der Waals surface area contributed by atoms with Crippen LogP contribution in [0.4, 0.5) is 5.69 Å². The molecule has 0 aliphatic carbocycles. The molecule has 0 amide bonds. The maximum absolute atomic E-state index is 9.38. The summed E-state index contributed by atoms with van der Waals surface area (Å²) >= 11 is 8.34. The van der Waals surface area contributed by atoms with Gasteiger partial charge < -0.3 is 15.7 Å². The van der Waals surface area contributed by atoms with Crippen LogP contribution in [0.3, 0.4) is 0 Å². The Morgan fingerprint density at radius 2 is 1.87 bits per heavy atom. The van der Waals surface area contributed by atoms with Crippen molar-refractivity contribution in [3.8, 4) is 17.2 Å². The standard InChI is InChI=1S/C23H16ClIN4O2/c24-14-10-15(25)12-18(11-14)31-23-3-1-2-20-19(23)8-9-21(28-20)22(29-26)13-27-16-4-6-17(30)7-5-16/h1-13,30H,26H2. The number of halogens is 2. The number of aliphatic imine (C=N–C) groups is 1. The normalized spacial score (nSPS) is 11.9. The highest BCUT2D eigenvalue weighted by molar-refractivity contribution is 14.1. The van der Waals surface area contributed by atoms with Crippen molar-refractivity contribution in [2.45, 2.75) is 0 Å². The number of hydrogen-bond donors (Lipinski definition) is 2. The average molecular weight is 543 g/mol. The number of aromatic hydroxyl groups is 1. The van der Waals surface area contributed by atoms with E-state index in [1.54, 1.807) is 30.3 Å². The lowest BCUT2D eigenvalue weighted by Gasteiger charge is -2.10. The molecule has 4 rings (SSSR count). The van der Waals surface area contributed by atoms with Crippen molar-refractivity contribution in [1.82, 2.24) is 4.98 Å². The number of pyridine rings is 1. The Balaban J connectivity index is 1.64. The first kappa shape index (κ1) is 21.1. The molecular weight excluding hydrogens is 527 g/mol. The minimum Gasteiger partial charge on any atom is -0.508 e. The summed E-state index contributed by atoms with van der Waals surface area (Å²) < 4.78 is 7.05. The molecule has 3 N–H and O–H groups in total. The number of nitrogens with two attached hydrogens (primary N) is 1. The van der Waals surface area contributed by atoms with Crippen molar-refractivity contribution in [1.29, 1.82) is 0 Å². The minimum atomic E-state index is 0.174. The van der Waals surface area contributed by atoms with Gasteiger partial charge in [-0.05, 0) is 89.3 Å². The molecule has 0 aliphatic rings. The molecule has 0 radical (unpaired) electrons. The fourth-order valence-corrected chi connectivity index (χ4v) is 3.96. The molecule has 0 saturated heterocycles. The molecule has 0 fully saturated rings. The predicted molar refractivity (Wildman–Crippen MR) is 133 cm³/mol. The van der Waals surface area contributed by atoms with Gasteiger partial charge in [0.15, 0.2) is 0 Å². The molecule has 1 heterocycles. The topological polar surface area (TPSA) is 93.1 Å². The van der Waals surface area contributed by atoms with Gasteiger partial charge in [0.1, 0.15) is 23.0 Å². The van der Waals surface area contributed by atoms with E-state index in [2.05, 4.69) is 37.7 Å². The number of ether oxygens (including phenoxy) is 1. The molecule has 0 spiro atoms. The second kappa shape index (κ2) is 9.32. The smallest absolute Gasteiger partial charge is 0.136 e. The largest absolute Gasteiger partial charge is 0.508 e. The van der Waals surface area contributed by atoms with Gasteiger partial charge in [-0.3, -0.25) is 4.99 Å². The second-order valence-corrected chi connectivity index (χ2v) is 8.20. The molecule has 0 aliphatic heterocycles. The fourth-order valence-electron chi connectivity index (χ4n) is 2.91. The second-order valence-electron chi connectivity index (χ2n) is 6.52. The first-order chi connectivity index (χ1) is 15.0. The van der Waals surface area contributed by atoms with Crippen LogP contribution in [-0.4, -0.2) is 22.0 Å². The third-order valence-corrected chi connectivity index (χ3v) is 5.18. The van der Waals surface area contributed by atoms with Crippen molar-refractivity contribution < 1.29 is 9.84 Å². The number of rotatable bonds is 5. The van der Waals surface area contributed by atoms with E-state index >= 15 is 0 Å². The van der Waals surface area contributed by atoms with Crippen molar-refractivity contribution in [2.24, 2.45) is 15.9 Å². The van der Waals surface area contributed by atoms with Crippen molar-refractivity contribution >= 4 is 62.7 Å². The van der Waals surface area contributed by atoms with Gasteiger partial charge in [0.2, 0.25) is 0 Å². The van der Waals surface area contributed by atoms with Gasteiger partial charge in [0, 0.05) is 14.0 Å². The van der Waals surface area contributed by atoms with Crippen molar-refractivity contribution in [3.05, 3.63) is 87.1 Å². The van der Waals surface area contributed by atoms with E-state index < -0.39 is 0 Å². The van der Waals surface area contributed by atoms with Crippen LogP contribution in [0.1, 0.15) is 5.69 Å². The zero-order chi connectivity index (χ0) is 21.8. The highest BCUT2D eigenvalue weighted by atomic mass is 127. The minimum absolute atomic E-state index is 0.174. The monoisotopic (exact) mass is 542 g/mol. The summed E-state index contributed by atoms with van der Waals surface area (Å²) in [6.45, 7) is 0. The molecule has 0 saturated carbocycles. The lowest BCUT2D eigenvalue weighted by atomic mass is 10.1. The van der Waals surface area contributed by atoms with Gasteiger partial charge in [-0.25, -0.2) is 4.98 Å². The SMILES string of the molecule is NN=C(C=Nc1ccc(O)cc1)c1ccc2c(Oc3cc(Cl)cc(I)c3)cccc2n1. The molecular formula is C23H16ClIN4O2. The highest BCUT2D eigenvalue weighted by Gasteiger charge is 2.09. The number of fused-ring (bicyclic) bond motifs is 1. The number of hydrazone groups is 1. The van der Waals surface area contributed by atoms with Gasteiger partial charge >= 0.3 is 0 Å². The fraction of sp³-hybridized carbons (Fsp3) is 0. The Morgan fingerprint density at radius 3 is 2.61 bits per heavy atom. The molecule has 8 heteroatoms. The van der Waals surface area contributed by atoms with Crippen LogP contribution in [0.25, 0.3) is 10.9 Å². The molecule has 0 unspecified atom stereocenters. The van der Waals surface area contributed by atoms with Crippen LogP contribution in [0, 0.1) is 3.57 Å². The van der Waals surface area contributed by atoms with Gasteiger partial charge in [-0.15, -0.1) is 0 Å². The molecule has 4 aromatic rings. The molecule has 3 aromatic carbocycles. The molecule has 6 nitrogen and oxygen atoms in total. The molecule has 1 aromatic heterocycles. The summed E-state index contributed by atoms with van der Waals surface area (Å²) in [6, 6.07) is 21.4. The summed E-state index contributed by atoms with van der Waals surface area (Å²) in [5.74, 6) is 7.07. The number of hydrogen-bond acceptors (Lipinski definition) is 6. The van der Waals surface area contributed by atoms with E-state index in [4.69, 9.17) is 22.2 Å². The summed E-state index contributed by atoms with van der Waals surface area (Å²) in [6.07, 6.45) is 1.54. The third kappa shape index (κ3) is 5.12. The third-order valence-electron chi connectivity index (χ3n) is 4.34. The lowest BCUT2D eigenvalue weighted by Crippen LogP contribution is -2.08. The van der Waals surface area contributed by atoms with Crippen LogP contribution in [0.2, 0.25) is 5.02 Å². The van der Waals surface area contributed by atoms with E-state index in [1.807, 2.05) is 42.5 Å². The first-order valence-electron chi connectivity index (χ1n) is 9.17. The number of phenols is 1. The van der Waals surface area contributed by atoms with Crippen molar-refractivity contribution in [2.75, 3.05) is 0 Å². The quantitative estimate of drug-likeness (QED) is 0.139. The van der Waals surface area contributed by atoms with E-state index in [-0.39, 0.29) is 5.75 Å². The van der Waals surface area contributed by atoms with Crippen LogP contribution in [-0.2, 0) is 0 Å². The predicted octanol–water partition coefficient (Wildman–Crippen LogP) is 6.06. The Morgan fingerprint density at radius 1 is 1.06 bits per heavy atom. The van der Waals surface area contributed by atoms with Gasteiger partial charge in [0.25, 0.3) is 0 Å². The van der Waals surface area contributed by atoms with E-state index in [1.165, 1.54) is 6.21 Å². The van der Waals surface area contributed by atoms with Crippen LogP contribution >= 0.6 is 34.2 Å². The summed E-state index contributed by atoms with van der Waals surface area (Å²) in [5.41, 5.74) is 2.38.